The zero-order chi connectivity index (χ0) is 20.5. The minimum atomic E-state index is -2.72. The van der Waals surface area contributed by atoms with Crippen molar-refractivity contribution >= 4 is 11.8 Å². The first-order chi connectivity index (χ1) is 10.9. The van der Waals surface area contributed by atoms with E-state index in [0.717, 1.165) is 0 Å². The summed E-state index contributed by atoms with van der Waals surface area (Å²) in [6.07, 6.45) is -0.103. The van der Waals surface area contributed by atoms with Crippen molar-refractivity contribution in [2.45, 2.75) is 99.4 Å². The van der Waals surface area contributed by atoms with E-state index in [0.29, 0.717) is 6.61 Å². The van der Waals surface area contributed by atoms with E-state index in [1.54, 1.807) is 6.92 Å². The third kappa shape index (κ3) is 23.9. The van der Waals surface area contributed by atoms with Crippen LogP contribution < -0.4 is 0 Å². The number of ketones is 1. The molecule has 0 N–H and O–H groups in total. The Morgan fingerprint density at radius 1 is 0.760 bits per heavy atom. The molecule has 0 spiro atoms. The van der Waals surface area contributed by atoms with Crippen LogP contribution in [0.1, 0.15) is 82.6 Å². The molecule has 0 rings (SSSR count). The van der Waals surface area contributed by atoms with E-state index in [1.165, 1.54) is 6.92 Å². The zero-order valence-corrected chi connectivity index (χ0v) is 20.3. The Kier molecular flexibility index (Phi) is 12.6. The van der Waals surface area contributed by atoms with Gasteiger partial charge < -0.3 is 4.74 Å². The van der Waals surface area contributed by atoms with Gasteiger partial charge >= 0.3 is 117 Å². The number of rotatable bonds is 6. The van der Waals surface area contributed by atoms with E-state index in [2.05, 4.69) is 4.74 Å². The molecular weight excluding hydrogens is 403 g/mol. The molecule has 0 saturated carbocycles. The molecule has 0 atom stereocenters. The molecule has 0 heterocycles. The number of Topliss-reactive ketones (excluding diaryl/α,β-unsaturated/α-hetero) is 1. The molecule has 0 aromatic carbocycles. The predicted molar refractivity (Wildman–Crippen MR) is 94.4 cm³/mol. The fourth-order valence-corrected chi connectivity index (χ4v) is 5.22. The maximum atomic E-state index is 10.4. The Bertz CT molecular complexity index is 363. The molecule has 0 unspecified atom stereocenters. The average molecular weight is 441 g/mol. The van der Waals surface area contributed by atoms with Crippen LogP contribution in [-0.2, 0) is 45.8 Å². The Labute approximate surface area is 163 Å². The van der Waals surface area contributed by atoms with E-state index >= 15 is 0 Å². The second-order valence-electron chi connectivity index (χ2n) is 8.58. The van der Waals surface area contributed by atoms with Crippen LogP contribution in [0.25, 0.3) is 0 Å². The van der Waals surface area contributed by atoms with Gasteiger partial charge in [-0.05, 0) is 13.8 Å². The molecule has 25 heavy (non-hydrogen) atoms. The van der Waals surface area contributed by atoms with E-state index in [4.69, 9.17) is 8.44 Å². The van der Waals surface area contributed by atoms with Gasteiger partial charge in [-0.3, -0.25) is 9.59 Å². The summed E-state index contributed by atoms with van der Waals surface area (Å²) in [5, 5.41) is 0. The summed E-state index contributed by atoms with van der Waals surface area (Å²) < 4.78 is 22.3. The normalized spacial score (nSPS) is 12.1. The average Bonchev–Trinajstić information content (AvgIpc) is 2.20. The molecule has 0 amide bonds. The van der Waals surface area contributed by atoms with Gasteiger partial charge in [0.05, 0.1) is 6.61 Å². The fourth-order valence-electron chi connectivity index (χ4n) is 1.23. The van der Waals surface area contributed by atoms with Gasteiger partial charge in [0.15, 0.2) is 0 Å². The number of hydrogen-bond donors (Lipinski definition) is 0. The minimum absolute atomic E-state index is 0.103. The summed E-state index contributed by atoms with van der Waals surface area (Å²) in [5.41, 5.74) is -0.609. The molecule has 0 aliphatic heterocycles. The van der Waals surface area contributed by atoms with Crippen LogP contribution in [0.2, 0.25) is 0 Å². The first-order valence-electron chi connectivity index (χ1n) is 8.54. The second-order valence-corrected chi connectivity index (χ2v) is 11.3. The summed E-state index contributed by atoms with van der Waals surface area (Å²) in [5.74, 6) is -0.599. The third-order valence-corrected chi connectivity index (χ3v) is 7.61. The Morgan fingerprint density at radius 2 is 1.08 bits per heavy atom. The maximum Gasteiger partial charge on any atom is 0.313 e. The van der Waals surface area contributed by atoms with E-state index in [9.17, 15) is 9.59 Å². The van der Waals surface area contributed by atoms with Gasteiger partial charge in [0.25, 0.3) is 0 Å². The Balaban J connectivity index is 0. The molecule has 0 aromatic rings. The van der Waals surface area contributed by atoms with Crippen LogP contribution >= 0.6 is 0 Å². The molecular formula is C18H37O6Zr. The van der Waals surface area contributed by atoms with E-state index in [-0.39, 0.29) is 29.0 Å². The summed E-state index contributed by atoms with van der Waals surface area (Å²) >= 11 is -2.72. The number of hydrogen-bond acceptors (Lipinski definition) is 6. The Hall–Kier alpha value is -0.0969. The molecule has 0 aliphatic carbocycles. The third-order valence-electron chi connectivity index (χ3n) is 1.87. The molecule has 0 radical (unpaired) electrons. The van der Waals surface area contributed by atoms with Crippen LogP contribution in [-0.4, -0.2) is 35.2 Å². The van der Waals surface area contributed by atoms with Crippen molar-refractivity contribution in [3.8, 4) is 0 Å². The van der Waals surface area contributed by atoms with Gasteiger partial charge in [-0.1, -0.05) is 0 Å². The largest absolute Gasteiger partial charge is 0.466 e. The summed E-state index contributed by atoms with van der Waals surface area (Å²) in [6, 6.07) is 0. The summed E-state index contributed by atoms with van der Waals surface area (Å²) in [6.45, 7) is 21.7. The van der Waals surface area contributed by atoms with Crippen molar-refractivity contribution in [2.75, 3.05) is 6.61 Å². The van der Waals surface area contributed by atoms with Gasteiger partial charge in [0.1, 0.15) is 12.2 Å². The van der Waals surface area contributed by atoms with Gasteiger partial charge in [0, 0.05) is 0 Å². The van der Waals surface area contributed by atoms with Crippen LogP contribution in [0.15, 0.2) is 0 Å². The van der Waals surface area contributed by atoms with Crippen molar-refractivity contribution in [2.24, 2.45) is 0 Å². The molecule has 0 bridgehead atoms. The maximum absolute atomic E-state index is 10.4. The van der Waals surface area contributed by atoms with E-state index in [1.807, 2.05) is 62.3 Å². The quantitative estimate of drug-likeness (QED) is 0.452. The summed E-state index contributed by atoms with van der Waals surface area (Å²) in [4.78, 5) is 20.6. The number of esters is 1. The van der Waals surface area contributed by atoms with Crippen molar-refractivity contribution in [3.05, 3.63) is 0 Å². The Morgan fingerprint density at radius 3 is 1.28 bits per heavy atom. The molecule has 7 heteroatoms. The first-order valence-corrected chi connectivity index (χ1v) is 11.6. The van der Waals surface area contributed by atoms with Gasteiger partial charge in [-0.25, -0.2) is 0 Å². The predicted octanol–water partition coefficient (Wildman–Crippen LogP) is 4.32. The van der Waals surface area contributed by atoms with Crippen LogP contribution in [0.5, 0.6) is 0 Å². The smallest absolute Gasteiger partial charge is 0.313 e. The zero-order valence-electron chi connectivity index (χ0n) is 17.9. The number of carbonyl (C=O) groups is 2. The fraction of sp³-hybridized carbons (Fsp3) is 0.889. The van der Waals surface area contributed by atoms with Gasteiger partial charge in [0.2, 0.25) is 0 Å². The van der Waals surface area contributed by atoms with Crippen molar-refractivity contribution in [1.82, 2.24) is 0 Å². The number of carbonyl (C=O) groups excluding carboxylic acids is 2. The van der Waals surface area contributed by atoms with Crippen molar-refractivity contribution < 1.29 is 45.8 Å². The van der Waals surface area contributed by atoms with Crippen molar-refractivity contribution in [3.63, 3.8) is 0 Å². The molecule has 0 aliphatic rings. The monoisotopic (exact) mass is 439 g/mol. The molecule has 0 saturated heterocycles. The van der Waals surface area contributed by atoms with Gasteiger partial charge in [-0.15, -0.1) is 0 Å². The SMILES string of the molecule is CC(C)(C)[O][Zr]([O]C(C)(C)C)[O]C(C)(C)C.CCOC(=O)CC(C)=O. The van der Waals surface area contributed by atoms with E-state index < -0.39 is 29.0 Å². The van der Waals surface area contributed by atoms with Crippen molar-refractivity contribution in [1.29, 1.82) is 0 Å². The van der Waals surface area contributed by atoms with Crippen LogP contribution in [0.4, 0.5) is 0 Å². The topological polar surface area (TPSA) is 71.1 Å². The van der Waals surface area contributed by atoms with Crippen LogP contribution in [0, 0.1) is 0 Å². The summed E-state index contributed by atoms with van der Waals surface area (Å²) in [7, 11) is 0. The molecule has 149 valence electrons. The molecule has 0 fully saturated rings. The van der Waals surface area contributed by atoms with Crippen LogP contribution in [0.3, 0.4) is 0 Å². The first kappa shape index (κ1) is 27.1. The molecule has 0 aromatic heterocycles. The molecule has 6 nitrogen and oxygen atoms in total. The number of ether oxygens (including phenoxy) is 1. The standard InChI is InChI=1S/C6H10O3.3C4H9O.Zr/c1-3-9-6(8)4-5(2)7;3*1-4(2,3)5;/h3-4H2,1-2H3;3*1-3H3;/q;3*-1;+3. The minimum Gasteiger partial charge on any atom is -0.466 e. The van der Waals surface area contributed by atoms with Gasteiger partial charge in [-0.2, -0.15) is 0 Å². The second kappa shape index (κ2) is 11.6.